The van der Waals surface area contributed by atoms with E-state index in [1.165, 1.54) is 6.33 Å². The number of phosphoric acid groups is 1. The lowest BCUT2D eigenvalue weighted by Crippen LogP contribution is -2.06. The second-order valence-electron chi connectivity index (χ2n) is 2.63. The van der Waals surface area contributed by atoms with Crippen LogP contribution in [0.1, 0.15) is 0 Å². The van der Waals surface area contributed by atoms with Gasteiger partial charge in [-0.05, 0) is 12.1 Å². The number of imidazole rings is 1. The summed E-state index contributed by atoms with van der Waals surface area (Å²) >= 11 is 0. The summed E-state index contributed by atoms with van der Waals surface area (Å²) in [5.74, 6) is 0. The molecule has 1 aromatic carbocycles. The van der Waals surface area contributed by atoms with Crippen LogP contribution in [0.25, 0.3) is 11.0 Å². The Bertz CT molecular complexity index is 503. The molecule has 7 heteroatoms. The zero-order chi connectivity index (χ0) is 10.2. The third-order valence-electron chi connectivity index (χ3n) is 1.62. The molecule has 0 saturated carbocycles. The van der Waals surface area contributed by atoms with Gasteiger partial charge in [-0.15, -0.1) is 0 Å². The van der Waals surface area contributed by atoms with E-state index in [4.69, 9.17) is 9.79 Å². The van der Waals surface area contributed by atoms with Gasteiger partial charge in [-0.1, -0.05) is 12.1 Å². The van der Waals surface area contributed by atoms with Crippen molar-refractivity contribution in [3.8, 4) is 0 Å². The molecule has 0 atom stereocenters. The zero-order valence-electron chi connectivity index (χ0n) is 6.94. The van der Waals surface area contributed by atoms with Gasteiger partial charge >= 0.3 is 7.82 Å². The lowest BCUT2D eigenvalue weighted by atomic mass is 10.3. The summed E-state index contributed by atoms with van der Waals surface area (Å²) in [5, 5.41) is 0. The van der Waals surface area contributed by atoms with Crippen molar-refractivity contribution >= 4 is 18.9 Å². The molecule has 1 aromatic heterocycles. The average Bonchev–Trinajstić information content (AvgIpc) is 2.47. The van der Waals surface area contributed by atoms with E-state index in [1.54, 1.807) is 24.3 Å². The first kappa shape index (κ1) is 9.21. The van der Waals surface area contributed by atoms with Gasteiger partial charge < -0.3 is 4.62 Å². The largest absolute Gasteiger partial charge is 0.543 e. The summed E-state index contributed by atoms with van der Waals surface area (Å²) in [5.41, 5.74) is 1.12. The van der Waals surface area contributed by atoms with Gasteiger partial charge in [-0.2, -0.15) is 4.73 Å². The third-order valence-corrected chi connectivity index (χ3v) is 2.00. The Morgan fingerprint density at radius 2 is 2.07 bits per heavy atom. The van der Waals surface area contributed by atoms with Crippen LogP contribution in [0, 0.1) is 0 Å². The molecule has 0 aliphatic heterocycles. The van der Waals surface area contributed by atoms with Gasteiger partial charge in [-0.3, -0.25) is 9.79 Å². The van der Waals surface area contributed by atoms with Crippen molar-refractivity contribution in [3.05, 3.63) is 30.6 Å². The first-order valence-corrected chi connectivity index (χ1v) is 5.27. The molecular weight excluding hydrogens is 207 g/mol. The van der Waals surface area contributed by atoms with Gasteiger partial charge in [0.2, 0.25) is 0 Å². The summed E-state index contributed by atoms with van der Waals surface area (Å²) in [4.78, 5) is 21.1. The Hall–Kier alpha value is -1.36. The van der Waals surface area contributed by atoms with Crippen LogP contribution in [0.5, 0.6) is 0 Å². The van der Waals surface area contributed by atoms with Gasteiger partial charge in [0, 0.05) is 0 Å². The van der Waals surface area contributed by atoms with E-state index >= 15 is 0 Å². The fraction of sp³-hybridized carbons (Fsp3) is 0. The highest BCUT2D eigenvalue weighted by Crippen LogP contribution is 2.32. The highest BCUT2D eigenvalue weighted by Gasteiger charge is 2.17. The van der Waals surface area contributed by atoms with Crippen molar-refractivity contribution in [1.82, 2.24) is 9.71 Å². The van der Waals surface area contributed by atoms with E-state index in [-0.39, 0.29) is 0 Å². The first-order valence-electron chi connectivity index (χ1n) is 3.74. The quantitative estimate of drug-likeness (QED) is 0.713. The highest BCUT2D eigenvalue weighted by molar-refractivity contribution is 7.46. The van der Waals surface area contributed by atoms with E-state index < -0.39 is 7.82 Å². The molecule has 0 amide bonds. The number of fused-ring (bicyclic) bond motifs is 1. The molecule has 2 rings (SSSR count). The first-order chi connectivity index (χ1) is 6.56. The molecule has 2 N–H and O–H groups in total. The molecule has 0 aliphatic carbocycles. The molecule has 0 bridgehead atoms. The summed E-state index contributed by atoms with van der Waals surface area (Å²) in [7, 11) is -4.54. The van der Waals surface area contributed by atoms with Crippen LogP contribution < -0.4 is 4.62 Å². The second kappa shape index (κ2) is 3.09. The Morgan fingerprint density at radius 3 is 2.79 bits per heavy atom. The van der Waals surface area contributed by atoms with Crippen molar-refractivity contribution in [3.63, 3.8) is 0 Å². The SMILES string of the molecule is O=P(O)(O)On1cnc2ccccc21. The van der Waals surface area contributed by atoms with Crippen molar-refractivity contribution in [2.45, 2.75) is 0 Å². The average molecular weight is 214 g/mol. The summed E-state index contributed by atoms with van der Waals surface area (Å²) in [6.45, 7) is 0. The van der Waals surface area contributed by atoms with E-state index in [2.05, 4.69) is 9.61 Å². The maximum atomic E-state index is 10.6. The summed E-state index contributed by atoms with van der Waals surface area (Å²) < 4.78 is 15.9. The minimum atomic E-state index is -4.54. The van der Waals surface area contributed by atoms with Crippen LogP contribution in [0.3, 0.4) is 0 Å². The highest BCUT2D eigenvalue weighted by atomic mass is 31.2. The van der Waals surface area contributed by atoms with E-state index in [0.717, 1.165) is 4.73 Å². The number of benzene rings is 1. The van der Waals surface area contributed by atoms with Crippen LogP contribution in [-0.4, -0.2) is 19.5 Å². The minimum absolute atomic E-state index is 0.510. The molecule has 0 spiro atoms. The monoisotopic (exact) mass is 214 g/mol. The number of rotatable bonds is 2. The van der Waals surface area contributed by atoms with Crippen molar-refractivity contribution < 1.29 is 19.0 Å². The molecule has 14 heavy (non-hydrogen) atoms. The molecule has 1 heterocycles. The van der Waals surface area contributed by atoms with E-state index in [0.29, 0.717) is 11.0 Å². The number of hydrogen-bond acceptors (Lipinski definition) is 3. The summed E-state index contributed by atoms with van der Waals surface area (Å²) in [6, 6.07) is 6.87. The predicted octanol–water partition coefficient (Wildman–Crippen LogP) is 0.558. The molecule has 0 fully saturated rings. The van der Waals surface area contributed by atoms with Gasteiger partial charge in [0.1, 0.15) is 11.8 Å². The van der Waals surface area contributed by atoms with Gasteiger partial charge in [-0.25, -0.2) is 9.55 Å². The topological polar surface area (TPSA) is 84.6 Å². The molecular formula is C7H7N2O4P. The Balaban J connectivity index is 2.49. The maximum Gasteiger partial charge on any atom is 0.543 e. The Kier molecular flexibility index (Phi) is 2.03. The molecule has 6 nitrogen and oxygen atoms in total. The van der Waals surface area contributed by atoms with Crippen molar-refractivity contribution in [1.29, 1.82) is 0 Å². The van der Waals surface area contributed by atoms with Crippen molar-refractivity contribution in [2.24, 2.45) is 0 Å². The normalized spacial score (nSPS) is 11.9. The van der Waals surface area contributed by atoms with Crippen LogP contribution in [0.15, 0.2) is 30.6 Å². The Labute approximate surface area is 79.0 Å². The lowest BCUT2D eigenvalue weighted by Gasteiger charge is -2.06. The standard InChI is InChI=1S/C7H7N2O4P/c10-14(11,12)13-9-5-8-6-3-1-2-4-7(6)9/h1-5H,(H2,10,11,12). The lowest BCUT2D eigenvalue weighted by molar-refractivity contribution is 0.184. The molecule has 2 aromatic rings. The van der Waals surface area contributed by atoms with Crippen LogP contribution in [0.4, 0.5) is 0 Å². The molecule has 0 aliphatic rings. The smallest absolute Gasteiger partial charge is 0.310 e. The fourth-order valence-corrected chi connectivity index (χ4v) is 1.48. The summed E-state index contributed by atoms with van der Waals surface area (Å²) in [6.07, 6.45) is 1.21. The molecule has 74 valence electrons. The van der Waals surface area contributed by atoms with Gasteiger partial charge in [0.05, 0.1) is 5.52 Å². The van der Waals surface area contributed by atoms with E-state index in [9.17, 15) is 4.57 Å². The Morgan fingerprint density at radius 1 is 1.36 bits per heavy atom. The fourth-order valence-electron chi connectivity index (χ4n) is 1.12. The van der Waals surface area contributed by atoms with Gasteiger partial charge in [0.25, 0.3) is 0 Å². The van der Waals surface area contributed by atoms with Crippen LogP contribution in [-0.2, 0) is 4.57 Å². The molecule has 0 radical (unpaired) electrons. The maximum absolute atomic E-state index is 10.6. The molecule has 0 saturated heterocycles. The molecule has 0 unspecified atom stereocenters. The van der Waals surface area contributed by atoms with Crippen LogP contribution >= 0.6 is 7.82 Å². The number of hydrogen-bond donors (Lipinski definition) is 2. The number of para-hydroxylation sites is 2. The number of nitrogens with zero attached hydrogens (tertiary/aromatic N) is 2. The zero-order valence-corrected chi connectivity index (χ0v) is 7.83. The number of aromatic nitrogens is 2. The van der Waals surface area contributed by atoms with E-state index in [1.807, 2.05) is 0 Å². The minimum Gasteiger partial charge on any atom is -0.310 e. The van der Waals surface area contributed by atoms with Crippen LogP contribution in [0.2, 0.25) is 0 Å². The third kappa shape index (κ3) is 1.77. The van der Waals surface area contributed by atoms with Crippen molar-refractivity contribution in [2.75, 3.05) is 0 Å². The predicted molar refractivity (Wildman–Crippen MR) is 48.4 cm³/mol. The van der Waals surface area contributed by atoms with Gasteiger partial charge in [0.15, 0.2) is 0 Å². The second-order valence-corrected chi connectivity index (χ2v) is 3.78.